The molecule has 1 atom stereocenters. The summed E-state index contributed by atoms with van der Waals surface area (Å²) >= 11 is 1.74. The minimum absolute atomic E-state index is 0.0277. The molecule has 104 valence electrons. The predicted molar refractivity (Wildman–Crippen MR) is 83.3 cm³/mol. The second kappa shape index (κ2) is 5.67. The van der Waals surface area contributed by atoms with Crippen LogP contribution in [0.2, 0.25) is 0 Å². The molecule has 2 aromatic rings. The van der Waals surface area contributed by atoms with Crippen LogP contribution in [0.1, 0.15) is 41.0 Å². The number of benzene rings is 1. The van der Waals surface area contributed by atoms with E-state index in [1.54, 1.807) is 11.3 Å². The van der Waals surface area contributed by atoms with Crippen molar-refractivity contribution in [3.8, 4) is 0 Å². The van der Waals surface area contributed by atoms with Gasteiger partial charge in [-0.3, -0.25) is 4.79 Å². The van der Waals surface area contributed by atoms with Crippen LogP contribution in [0.4, 0.5) is 5.69 Å². The topological polar surface area (TPSA) is 41.1 Å². The van der Waals surface area contributed by atoms with Crippen LogP contribution in [-0.2, 0) is 0 Å². The van der Waals surface area contributed by atoms with E-state index in [0.717, 1.165) is 24.1 Å². The standard InChI is InChI=1S/C16H18N2OS/c1-11(15-6-3-9-20-15)17-14-5-2-4-12(10-14)16(19)18-13-7-8-13/h2-6,9-11,13,17H,7-8H2,1H3,(H,18,19). The number of rotatable bonds is 5. The lowest BCUT2D eigenvalue weighted by Gasteiger charge is -2.14. The summed E-state index contributed by atoms with van der Waals surface area (Å²) in [4.78, 5) is 13.3. The Kier molecular flexibility index (Phi) is 3.74. The third kappa shape index (κ3) is 3.20. The number of anilines is 1. The fraction of sp³-hybridized carbons (Fsp3) is 0.312. The van der Waals surface area contributed by atoms with E-state index in [9.17, 15) is 4.79 Å². The summed E-state index contributed by atoms with van der Waals surface area (Å²) < 4.78 is 0. The van der Waals surface area contributed by atoms with Gasteiger partial charge in [-0.2, -0.15) is 0 Å². The largest absolute Gasteiger partial charge is 0.378 e. The maximum Gasteiger partial charge on any atom is 0.251 e. The van der Waals surface area contributed by atoms with Crippen LogP contribution < -0.4 is 10.6 Å². The van der Waals surface area contributed by atoms with Gasteiger partial charge in [0.25, 0.3) is 5.91 Å². The lowest BCUT2D eigenvalue weighted by atomic mass is 10.1. The smallest absolute Gasteiger partial charge is 0.251 e. The summed E-state index contributed by atoms with van der Waals surface area (Å²) in [5.41, 5.74) is 1.70. The predicted octanol–water partition coefficient (Wildman–Crippen LogP) is 3.81. The third-order valence-corrected chi connectivity index (χ3v) is 4.45. The van der Waals surface area contributed by atoms with Crippen LogP contribution in [0.5, 0.6) is 0 Å². The first-order valence-corrected chi connectivity index (χ1v) is 7.81. The summed E-state index contributed by atoms with van der Waals surface area (Å²) in [5.74, 6) is 0.0277. The molecule has 1 heterocycles. The molecule has 20 heavy (non-hydrogen) atoms. The summed E-state index contributed by atoms with van der Waals surface area (Å²) in [5, 5.41) is 8.53. The lowest BCUT2D eigenvalue weighted by molar-refractivity contribution is 0.0951. The summed E-state index contributed by atoms with van der Waals surface area (Å²) in [7, 11) is 0. The molecule has 1 fully saturated rings. The van der Waals surface area contributed by atoms with E-state index < -0.39 is 0 Å². The molecule has 1 amide bonds. The molecule has 0 bridgehead atoms. The first-order valence-electron chi connectivity index (χ1n) is 6.93. The molecule has 1 saturated carbocycles. The van der Waals surface area contributed by atoms with E-state index in [4.69, 9.17) is 0 Å². The highest BCUT2D eigenvalue weighted by atomic mass is 32.1. The zero-order valence-corrected chi connectivity index (χ0v) is 12.2. The maximum atomic E-state index is 12.0. The van der Waals surface area contributed by atoms with Crippen molar-refractivity contribution in [2.75, 3.05) is 5.32 Å². The van der Waals surface area contributed by atoms with Crippen molar-refractivity contribution >= 4 is 22.9 Å². The summed E-state index contributed by atoms with van der Waals surface area (Å²) in [6.07, 6.45) is 2.22. The molecule has 0 radical (unpaired) electrons. The van der Waals surface area contributed by atoms with Gasteiger partial charge in [0, 0.05) is 22.2 Å². The number of thiophene rings is 1. The van der Waals surface area contributed by atoms with E-state index >= 15 is 0 Å². The van der Waals surface area contributed by atoms with Gasteiger partial charge < -0.3 is 10.6 Å². The highest BCUT2D eigenvalue weighted by molar-refractivity contribution is 7.10. The Morgan fingerprint density at radius 3 is 2.85 bits per heavy atom. The fourth-order valence-corrected chi connectivity index (χ4v) is 2.84. The molecule has 1 aromatic heterocycles. The number of hydrogen-bond donors (Lipinski definition) is 2. The van der Waals surface area contributed by atoms with Gasteiger partial charge in [-0.05, 0) is 49.4 Å². The summed E-state index contributed by atoms with van der Waals surface area (Å²) in [6.45, 7) is 2.13. The Morgan fingerprint density at radius 2 is 2.15 bits per heavy atom. The van der Waals surface area contributed by atoms with Crippen LogP contribution in [0.15, 0.2) is 41.8 Å². The van der Waals surface area contributed by atoms with E-state index in [2.05, 4.69) is 35.1 Å². The van der Waals surface area contributed by atoms with Gasteiger partial charge in [0.05, 0.1) is 6.04 Å². The van der Waals surface area contributed by atoms with Gasteiger partial charge in [-0.1, -0.05) is 12.1 Å². The normalized spacial score (nSPS) is 15.7. The van der Waals surface area contributed by atoms with Gasteiger partial charge in [0.2, 0.25) is 0 Å². The summed E-state index contributed by atoms with van der Waals surface area (Å²) in [6, 6.07) is 12.5. The van der Waals surface area contributed by atoms with Crippen molar-refractivity contribution in [2.24, 2.45) is 0 Å². The van der Waals surface area contributed by atoms with Gasteiger partial charge >= 0.3 is 0 Å². The maximum absolute atomic E-state index is 12.0. The average Bonchev–Trinajstić information content (AvgIpc) is 3.08. The zero-order valence-electron chi connectivity index (χ0n) is 11.4. The van der Waals surface area contributed by atoms with Gasteiger partial charge in [-0.25, -0.2) is 0 Å². The average molecular weight is 286 g/mol. The Balaban J connectivity index is 1.68. The van der Waals surface area contributed by atoms with E-state index in [1.165, 1.54) is 4.88 Å². The second-order valence-electron chi connectivity index (χ2n) is 5.21. The molecule has 4 heteroatoms. The molecule has 2 N–H and O–H groups in total. The van der Waals surface area contributed by atoms with Crippen LogP contribution in [0, 0.1) is 0 Å². The van der Waals surface area contributed by atoms with Crippen LogP contribution in [0.3, 0.4) is 0 Å². The number of hydrogen-bond acceptors (Lipinski definition) is 3. The van der Waals surface area contributed by atoms with E-state index in [1.807, 2.05) is 24.3 Å². The Morgan fingerprint density at radius 1 is 1.30 bits per heavy atom. The molecule has 1 aliphatic carbocycles. The molecule has 1 unspecified atom stereocenters. The number of carbonyl (C=O) groups is 1. The Labute approximate surface area is 123 Å². The van der Waals surface area contributed by atoms with Crippen LogP contribution in [0.25, 0.3) is 0 Å². The zero-order chi connectivity index (χ0) is 13.9. The van der Waals surface area contributed by atoms with Gasteiger partial charge in [0.15, 0.2) is 0 Å². The molecule has 3 nitrogen and oxygen atoms in total. The minimum atomic E-state index is 0.0277. The second-order valence-corrected chi connectivity index (χ2v) is 6.19. The quantitative estimate of drug-likeness (QED) is 0.877. The molecular formula is C16H18N2OS. The van der Waals surface area contributed by atoms with Crippen molar-refractivity contribution in [3.63, 3.8) is 0 Å². The van der Waals surface area contributed by atoms with E-state index in [0.29, 0.717) is 6.04 Å². The third-order valence-electron chi connectivity index (χ3n) is 3.39. The Hall–Kier alpha value is -1.81. The highest BCUT2D eigenvalue weighted by Gasteiger charge is 2.23. The molecule has 1 aromatic carbocycles. The first-order chi connectivity index (χ1) is 9.72. The molecule has 0 spiro atoms. The van der Waals surface area contributed by atoms with Crippen molar-refractivity contribution < 1.29 is 4.79 Å². The Bertz CT molecular complexity index is 590. The van der Waals surface area contributed by atoms with Crippen molar-refractivity contribution in [1.82, 2.24) is 5.32 Å². The SMILES string of the molecule is CC(Nc1cccc(C(=O)NC2CC2)c1)c1cccs1. The van der Waals surface area contributed by atoms with E-state index in [-0.39, 0.29) is 11.9 Å². The molecule has 0 aliphatic heterocycles. The number of nitrogens with one attached hydrogen (secondary N) is 2. The van der Waals surface area contributed by atoms with Gasteiger partial charge in [0.1, 0.15) is 0 Å². The van der Waals surface area contributed by atoms with Crippen LogP contribution in [-0.4, -0.2) is 11.9 Å². The highest BCUT2D eigenvalue weighted by Crippen LogP contribution is 2.24. The first kappa shape index (κ1) is 13.2. The van der Waals surface area contributed by atoms with Crippen molar-refractivity contribution in [2.45, 2.75) is 31.8 Å². The van der Waals surface area contributed by atoms with Crippen LogP contribution >= 0.6 is 11.3 Å². The van der Waals surface area contributed by atoms with Gasteiger partial charge in [-0.15, -0.1) is 11.3 Å². The molecule has 0 saturated heterocycles. The van der Waals surface area contributed by atoms with Crippen molar-refractivity contribution in [1.29, 1.82) is 0 Å². The molecule has 3 rings (SSSR count). The monoisotopic (exact) mass is 286 g/mol. The lowest BCUT2D eigenvalue weighted by Crippen LogP contribution is -2.25. The molecule has 1 aliphatic rings. The number of amides is 1. The fourth-order valence-electron chi connectivity index (χ4n) is 2.11. The van der Waals surface area contributed by atoms with Crippen molar-refractivity contribution in [3.05, 3.63) is 52.2 Å². The minimum Gasteiger partial charge on any atom is -0.378 e. The molecular weight excluding hydrogens is 268 g/mol. The number of carbonyl (C=O) groups excluding carboxylic acids is 1.